The number of pyridine rings is 1. The molecule has 146 valence electrons. The minimum absolute atomic E-state index is 0.0847. The molecule has 2 aromatic heterocycles. The van der Waals surface area contributed by atoms with Crippen molar-refractivity contribution in [1.29, 1.82) is 0 Å². The molecule has 27 heavy (non-hydrogen) atoms. The van der Waals surface area contributed by atoms with Gasteiger partial charge in [-0.1, -0.05) is 6.92 Å². The van der Waals surface area contributed by atoms with Crippen molar-refractivity contribution in [3.63, 3.8) is 0 Å². The number of nitrogens with zero attached hydrogens (tertiary/aromatic N) is 5. The van der Waals surface area contributed by atoms with E-state index >= 15 is 0 Å². The van der Waals surface area contributed by atoms with Gasteiger partial charge in [0, 0.05) is 24.5 Å². The van der Waals surface area contributed by atoms with Crippen LogP contribution in [0.1, 0.15) is 13.3 Å². The molecular formula is C17H23N5O4S. The Morgan fingerprint density at radius 3 is 2.26 bits per heavy atom. The minimum Gasteiger partial charge on any atom is -0.468 e. The smallest absolute Gasteiger partial charge is 0.319 e. The Hall–Kier alpha value is -2.59. The van der Waals surface area contributed by atoms with Gasteiger partial charge in [-0.3, -0.25) is 24.0 Å². The Kier molecular flexibility index (Phi) is 7.62. The first-order valence-corrected chi connectivity index (χ1v) is 8.85. The second-order valence-corrected chi connectivity index (χ2v) is 6.14. The van der Waals surface area contributed by atoms with Crippen LogP contribution >= 0.6 is 12.2 Å². The van der Waals surface area contributed by atoms with Crippen LogP contribution in [-0.4, -0.2) is 63.5 Å². The lowest BCUT2D eigenvalue weighted by Crippen LogP contribution is -2.37. The lowest BCUT2D eigenvalue weighted by molar-refractivity contribution is -0.146. The lowest BCUT2D eigenvalue weighted by Gasteiger charge is -2.19. The van der Waals surface area contributed by atoms with Crippen LogP contribution in [0.25, 0.3) is 11.4 Å². The predicted molar refractivity (Wildman–Crippen MR) is 100 cm³/mol. The molecule has 9 nitrogen and oxygen atoms in total. The Balaban J connectivity index is 2.36. The summed E-state index contributed by atoms with van der Waals surface area (Å²) in [7, 11) is 2.59. The largest absolute Gasteiger partial charge is 0.468 e. The average molecular weight is 393 g/mol. The highest BCUT2D eigenvalue weighted by Gasteiger charge is 2.19. The van der Waals surface area contributed by atoms with Crippen LogP contribution in [0, 0.1) is 4.77 Å². The van der Waals surface area contributed by atoms with Crippen LogP contribution in [0.5, 0.6) is 0 Å². The van der Waals surface area contributed by atoms with Crippen LogP contribution in [-0.2, 0) is 32.3 Å². The van der Waals surface area contributed by atoms with Crippen molar-refractivity contribution in [3.05, 3.63) is 29.3 Å². The molecule has 0 N–H and O–H groups in total. The third kappa shape index (κ3) is 5.44. The molecule has 0 aromatic carbocycles. The molecule has 0 aliphatic rings. The molecule has 0 saturated heterocycles. The van der Waals surface area contributed by atoms with Gasteiger partial charge in [0.25, 0.3) is 0 Å². The highest BCUT2D eigenvalue weighted by molar-refractivity contribution is 7.71. The lowest BCUT2D eigenvalue weighted by atomic mass is 10.2. The van der Waals surface area contributed by atoms with E-state index in [1.165, 1.54) is 14.2 Å². The molecule has 0 fully saturated rings. The van der Waals surface area contributed by atoms with E-state index < -0.39 is 11.9 Å². The van der Waals surface area contributed by atoms with Crippen LogP contribution < -0.4 is 0 Å². The van der Waals surface area contributed by atoms with Crippen LogP contribution in [0.15, 0.2) is 24.5 Å². The first-order valence-electron chi connectivity index (χ1n) is 8.44. The average Bonchev–Trinajstić information content (AvgIpc) is 2.98. The van der Waals surface area contributed by atoms with E-state index in [4.69, 9.17) is 21.7 Å². The number of aromatic nitrogens is 4. The number of rotatable bonds is 9. The molecular weight excluding hydrogens is 370 g/mol. The fraction of sp³-hybridized carbons (Fsp3) is 0.471. The first-order chi connectivity index (χ1) is 13.0. The molecule has 0 aliphatic carbocycles. The number of carbonyl (C=O) groups excluding carboxylic acids is 2. The fourth-order valence-electron chi connectivity index (χ4n) is 2.51. The van der Waals surface area contributed by atoms with E-state index in [2.05, 4.69) is 17.0 Å². The van der Waals surface area contributed by atoms with Gasteiger partial charge >= 0.3 is 11.9 Å². The monoisotopic (exact) mass is 393 g/mol. The Labute approximate surface area is 162 Å². The standard InChI is InChI=1S/C17H23N5O4S/c1-4-9-21-16(13-5-7-18-8-6-13)19-22(17(21)27)12-20(10-14(23)25-2)11-15(24)26-3/h5-8H,4,9-12H2,1-3H3. The van der Waals surface area contributed by atoms with Gasteiger partial charge in [-0.05, 0) is 30.8 Å². The Morgan fingerprint density at radius 2 is 1.74 bits per heavy atom. The molecule has 2 heterocycles. The van der Waals surface area contributed by atoms with Crippen molar-refractivity contribution in [3.8, 4) is 11.4 Å². The van der Waals surface area contributed by atoms with Gasteiger partial charge in [0.2, 0.25) is 0 Å². The second kappa shape index (κ2) is 9.93. The van der Waals surface area contributed by atoms with Gasteiger partial charge < -0.3 is 9.47 Å². The maximum atomic E-state index is 11.7. The number of hydrogen-bond acceptors (Lipinski definition) is 8. The summed E-state index contributed by atoms with van der Waals surface area (Å²) in [6.07, 6.45) is 4.26. The SMILES string of the molecule is CCCn1c(-c2ccncc2)nn(CN(CC(=O)OC)CC(=O)OC)c1=S. The quantitative estimate of drug-likeness (QED) is 0.467. The van der Waals surface area contributed by atoms with Crippen molar-refractivity contribution in [1.82, 2.24) is 24.2 Å². The van der Waals surface area contributed by atoms with Crippen LogP contribution in [0.2, 0.25) is 0 Å². The summed E-state index contributed by atoms with van der Waals surface area (Å²) in [6, 6.07) is 3.71. The summed E-state index contributed by atoms with van der Waals surface area (Å²) in [5.41, 5.74) is 0.885. The van der Waals surface area contributed by atoms with Gasteiger partial charge in [0.1, 0.15) is 0 Å². The first kappa shape index (κ1) is 20.7. The number of esters is 2. The molecule has 0 saturated carbocycles. The van der Waals surface area contributed by atoms with E-state index in [-0.39, 0.29) is 19.8 Å². The van der Waals surface area contributed by atoms with Gasteiger partial charge in [-0.25, -0.2) is 4.68 Å². The van der Waals surface area contributed by atoms with Gasteiger partial charge in [0.05, 0.1) is 34.0 Å². The summed E-state index contributed by atoms with van der Waals surface area (Å²) < 4.78 is 13.4. The van der Waals surface area contributed by atoms with Crippen molar-refractivity contribution < 1.29 is 19.1 Å². The number of ether oxygens (including phenoxy) is 2. The third-order valence-corrected chi connectivity index (χ3v) is 4.23. The highest BCUT2D eigenvalue weighted by atomic mass is 32.1. The zero-order chi connectivity index (χ0) is 19.8. The van der Waals surface area contributed by atoms with E-state index in [9.17, 15) is 9.59 Å². The fourth-order valence-corrected chi connectivity index (χ4v) is 2.79. The molecule has 0 atom stereocenters. The van der Waals surface area contributed by atoms with Crippen LogP contribution in [0.3, 0.4) is 0 Å². The van der Waals surface area contributed by atoms with Gasteiger partial charge in [-0.15, -0.1) is 0 Å². The molecule has 10 heteroatoms. The molecule has 2 rings (SSSR count). The van der Waals surface area contributed by atoms with Crippen LogP contribution in [0.4, 0.5) is 0 Å². The minimum atomic E-state index is -0.465. The molecule has 0 bridgehead atoms. The zero-order valence-electron chi connectivity index (χ0n) is 15.6. The van der Waals surface area contributed by atoms with E-state index in [1.807, 2.05) is 16.7 Å². The van der Waals surface area contributed by atoms with Crippen molar-refractivity contribution >= 4 is 24.2 Å². The molecule has 0 radical (unpaired) electrons. The summed E-state index contributed by atoms with van der Waals surface area (Å²) in [4.78, 5) is 28.9. The predicted octanol–water partition coefficient (Wildman–Crippen LogP) is 1.49. The summed E-state index contributed by atoms with van der Waals surface area (Å²) in [5.74, 6) is -0.221. The zero-order valence-corrected chi connectivity index (χ0v) is 16.4. The molecule has 2 aromatic rings. The summed E-state index contributed by atoms with van der Waals surface area (Å²) in [6.45, 7) is 2.73. The normalized spacial score (nSPS) is 10.8. The molecule has 0 unspecified atom stereocenters. The second-order valence-electron chi connectivity index (χ2n) is 5.77. The van der Waals surface area contributed by atoms with Gasteiger partial charge in [0.15, 0.2) is 10.6 Å². The Morgan fingerprint density at radius 1 is 1.15 bits per heavy atom. The topological polar surface area (TPSA) is 91.5 Å². The number of hydrogen-bond donors (Lipinski definition) is 0. The van der Waals surface area contributed by atoms with E-state index in [0.717, 1.165) is 12.0 Å². The van der Waals surface area contributed by atoms with Gasteiger partial charge in [-0.2, -0.15) is 5.10 Å². The molecule has 0 amide bonds. The molecule has 0 spiro atoms. The number of carbonyl (C=O) groups is 2. The summed E-state index contributed by atoms with van der Waals surface area (Å²) >= 11 is 5.57. The van der Waals surface area contributed by atoms with E-state index in [0.29, 0.717) is 17.1 Å². The van der Waals surface area contributed by atoms with Crippen molar-refractivity contribution in [2.24, 2.45) is 0 Å². The summed E-state index contributed by atoms with van der Waals surface area (Å²) in [5, 5.41) is 4.61. The maximum absolute atomic E-state index is 11.7. The van der Waals surface area contributed by atoms with Crippen molar-refractivity contribution in [2.45, 2.75) is 26.6 Å². The maximum Gasteiger partial charge on any atom is 0.319 e. The highest BCUT2D eigenvalue weighted by Crippen LogP contribution is 2.18. The van der Waals surface area contributed by atoms with Crippen molar-refractivity contribution in [2.75, 3.05) is 27.3 Å². The third-order valence-electron chi connectivity index (χ3n) is 3.80. The number of methoxy groups -OCH3 is 2. The van der Waals surface area contributed by atoms with E-state index in [1.54, 1.807) is 22.0 Å². The molecule has 0 aliphatic heterocycles. The Bertz CT molecular complexity index is 816.